The molecule has 0 aromatic heterocycles. The summed E-state index contributed by atoms with van der Waals surface area (Å²) in [4.78, 5) is 22.2. The maximum Gasteiger partial charge on any atom is 0.325 e. The second-order valence-corrected chi connectivity index (χ2v) is 4.32. The minimum absolute atomic E-state index is 0.215. The number of rotatable bonds is 7. The van der Waals surface area contributed by atoms with Gasteiger partial charge in [0.15, 0.2) is 11.5 Å². The van der Waals surface area contributed by atoms with Crippen molar-refractivity contribution in [3.05, 3.63) is 23.8 Å². The van der Waals surface area contributed by atoms with E-state index in [2.05, 4.69) is 5.32 Å². The smallest absolute Gasteiger partial charge is 0.325 e. The number of methoxy groups -OCH3 is 2. The Hall–Kier alpha value is -2.24. The van der Waals surface area contributed by atoms with Gasteiger partial charge in [-0.25, -0.2) is 0 Å². The standard InChI is InChI=1S/C14H19NO5/c1-9(14(17)18)15-13(16)7-5-10-4-6-11(19-2)12(8-10)20-3/h4,6,8-9H,5,7H2,1-3H3,(H,15,16)(H,17,18). The van der Waals surface area contributed by atoms with Gasteiger partial charge in [-0.05, 0) is 31.0 Å². The van der Waals surface area contributed by atoms with E-state index in [0.717, 1.165) is 5.56 Å². The van der Waals surface area contributed by atoms with Crippen LogP contribution in [0.2, 0.25) is 0 Å². The molecule has 0 saturated heterocycles. The summed E-state index contributed by atoms with van der Waals surface area (Å²) < 4.78 is 10.3. The number of benzene rings is 1. The van der Waals surface area contributed by atoms with Crippen LogP contribution in [0.15, 0.2) is 18.2 Å². The quantitative estimate of drug-likeness (QED) is 0.785. The normalized spacial score (nSPS) is 11.6. The fourth-order valence-electron chi connectivity index (χ4n) is 1.67. The second kappa shape index (κ2) is 7.37. The molecule has 1 rings (SSSR count). The van der Waals surface area contributed by atoms with E-state index >= 15 is 0 Å². The summed E-state index contributed by atoms with van der Waals surface area (Å²) >= 11 is 0. The molecule has 0 saturated carbocycles. The van der Waals surface area contributed by atoms with Gasteiger partial charge in [0, 0.05) is 6.42 Å². The fourth-order valence-corrected chi connectivity index (χ4v) is 1.67. The van der Waals surface area contributed by atoms with E-state index in [4.69, 9.17) is 14.6 Å². The third kappa shape index (κ3) is 4.46. The van der Waals surface area contributed by atoms with E-state index in [1.807, 2.05) is 6.07 Å². The largest absolute Gasteiger partial charge is 0.493 e. The molecule has 1 aromatic rings. The van der Waals surface area contributed by atoms with Gasteiger partial charge in [-0.2, -0.15) is 0 Å². The monoisotopic (exact) mass is 281 g/mol. The number of carbonyl (C=O) groups is 2. The number of carboxylic acid groups (broad SMARTS) is 1. The molecule has 0 aliphatic carbocycles. The lowest BCUT2D eigenvalue weighted by Crippen LogP contribution is -2.38. The van der Waals surface area contributed by atoms with Gasteiger partial charge in [0.05, 0.1) is 14.2 Å². The number of carboxylic acids is 1. The minimum Gasteiger partial charge on any atom is -0.493 e. The van der Waals surface area contributed by atoms with E-state index in [0.29, 0.717) is 17.9 Å². The number of carbonyl (C=O) groups excluding carboxylic acids is 1. The lowest BCUT2D eigenvalue weighted by molar-refractivity contribution is -0.141. The molecule has 110 valence electrons. The maximum absolute atomic E-state index is 11.6. The molecule has 6 nitrogen and oxygen atoms in total. The Bertz CT molecular complexity index is 486. The Kier molecular flexibility index (Phi) is 5.83. The van der Waals surface area contributed by atoms with Crippen LogP contribution in [0.4, 0.5) is 0 Å². The van der Waals surface area contributed by atoms with Gasteiger partial charge in [0.25, 0.3) is 0 Å². The zero-order valence-corrected chi connectivity index (χ0v) is 11.8. The van der Waals surface area contributed by atoms with Crippen LogP contribution in [-0.2, 0) is 16.0 Å². The number of hydrogen-bond donors (Lipinski definition) is 2. The van der Waals surface area contributed by atoms with Crippen LogP contribution in [0.25, 0.3) is 0 Å². The first kappa shape index (κ1) is 15.8. The predicted octanol–water partition coefficient (Wildman–Crippen LogP) is 1.23. The van der Waals surface area contributed by atoms with E-state index in [-0.39, 0.29) is 12.3 Å². The van der Waals surface area contributed by atoms with Gasteiger partial charge >= 0.3 is 5.97 Å². The topological polar surface area (TPSA) is 84.9 Å². The van der Waals surface area contributed by atoms with Crippen LogP contribution in [-0.4, -0.2) is 37.2 Å². The number of hydrogen-bond acceptors (Lipinski definition) is 4. The third-order valence-corrected chi connectivity index (χ3v) is 2.84. The van der Waals surface area contributed by atoms with Crippen LogP contribution < -0.4 is 14.8 Å². The van der Waals surface area contributed by atoms with Gasteiger partial charge in [-0.1, -0.05) is 6.07 Å². The molecular weight excluding hydrogens is 262 g/mol. The number of aliphatic carboxylic acids is 1. The Morgan fingerprint density at radius 3 is 2.45 bits per heavy atom. The highest BCUT2D eigenvalue weighted by Crippen LogP contribution is 2.27. The van der Waals surface area contributed by atoms with Crippen LogP contribution in [0.5, 0.6) is 11.5 Å². The van der Waals surface area contributed by atoms with E-state index in [1.165, 1.54) is 6.92 Å². The maximum atomic E-state index is 11.6. The zero-order valence-electron chi connectivity index (χ0n) is 11.8. The summed E-state index contributed by atoms with van der Waals surface area (Å²) in [6.07, 6.45) is 0.714. The summed E-state index contributed by atoms with van der Waals surface area (Å²) in [5.74, 6) is -0.122. The van der Waals surface area contributed by atoms with Crippen molar-refractivity contribution in [2.75, 3.05) is 14.2 Å². The van der Waals surface area contributed by atoms with Crippen molar-refractivity contribution in [2.45, 2.75) is 25.8 Å². The SMILES string of the molecule is COc1ccc(CCC(=O)NC(C)C(=O)O)cc1OC. The molecule has 0 aliphatic heterocycles. The molecule has 0 fully saturated rings. The van der Waals surface area contributed by atoms with Crippen LogP contribution in [0.1, 0.15) is 18.9 Å². The van der Waals surface area contributed by atoms with Crippen molar-refractivity contribution >= 4 is 11.9 Å². The van der Waals surface area contributed by atoms with Gasteiger partial charge in [0.1, 0.15) is 6.04 Å². The van der Waals surface area contributed by atoms with Gasteiger partial charge in [-0.15, -0.1) is 0 Å². The van der Waals surface area contributed by atoms with E-state index in [9.17, 15) is 9.59 Å². The molecule has 0 bridgehead atoms. The molecule has 6 heteroatoms. The van der Waals surface area contributed by atoms with Crippen molar-refractivity contribution in [3.63, 3.8) is 0 Å². The van der Waals surface area contributed by atoms with Gasteiger partial charge in [0.2, 0.25) is 5.91 Å². The average Bonchev–Trinajstić information content (AvgIpc) is 2.44. The van der Waals surface area contributed by atoms with Crippen molar-refractivity contribution in [1.29, 1.82) is 0 Å². The minimum atomic E-state index is -1.05. The summed E-state index contributed by atoms with van der Waals surface area (Å²) in [7, 11) is 3.10. The third-order valence-electron chi connectivity index (χ3n) is 2.84. The first-order valence-corrected chi connectivity index (χ1v) is 6.21. The first-order valence-electron chi connectivity index (χ1n) is 6.21. The Balaban J connectivity index is 2.57. The Morgan fingerprint density at radius 2 is 1.90 bits per heavy atom. The van der Waals surface area contributed by atoms with Gasteiger partial charge in [-0.3, -0.25) is 9.59 Å². The highest BCUT2D eigenvalue weighted by molar-refractivity contribution is 5.83. The molecule has 0 spiro atoms. The second-order valence-electron chi connectivity index (χ2n) is 4.32. The molecule has 1 atom stereocenters. The fraction of sp³-hybridized carbons (Fsp3) is 0.429. The molecule has 0 heterocycles. The number of nitrogens with one attached hydrogen (secondary N) is 1. The molecule has 20 heavy (non-hydrogen) atoms. The number of ether oxygens (including phenoxy) is 2. The van der Waals surface area contributed by atoms with Gasteiger partial charge < -0.3 is 19.9 Å². The van der Waals surface area contributed by atoms with Crippen LogP contribution in [0, 0.1) is 0 Å². The lowest BCUT2D eigenvalue weighted by Gasteiger charge is -2.11. The molecule has 0 radical (unpaired) electrons. The summed E-state index contributed by atoms with van der Waals surface area (Å²) in [5.41, 5.74) is 0.917. The number of aryl methyl sites for hydroxylation is 1. The molecule has 1 amide bonds. The van der Waals surface area contributed by atoms with Crippen molar-refractivity contribution in [2.24, 2.45) is 0 Å². The van der Waals surface area contributed by atoms with Crippen molar-refractivity contribution in [1.82, 2.24) is 5.32 Å². The predicted molar refractivity (Wildman–Crippen MR) is 73.1 cm³/mol. The molecule has 1 unspecified atom stereocenters. The molecular formula is C14H19NO5. The highest BCUT2D eigenvalue weighted by atomic mass is 16.5. The Morgan fingerprint density at radius 1 is 1.25 bits per heavy atom. The summed E-state index contributed by atoms with van der Waals surface area (Å²) in [6.45, 7) is 1.43. The summed E-state index contributed by atoms with van der Waals surface area (Å²) in [6, 6.07) is 4.53. The summed E-state index contributed by atoms with van der Waals surface area (Å²) in [5, 5.41) is 11.1. The zero-order chi connectivity index (χ0) is 15.1. The molecule has 0 aliphatic rings. The van der Waals surface area contributed by atoms with Crippen LogP contribution >= 0.6 is 0 Å². The van der Waals surface area contributed by atoms with E-state index < -0.39 is 12.0 Å². The molecule has 1 aromatic carbocycles. The average molecular weight is 281 g/mol. The Labute approximate surface area is 117 Å². The lowest BCUT2D eigenvalue weighted by atomic mass is 10.1. The molecule has 2 N–H and O–H groups in total. The van der Waals surface area contributed by atoms with E-state index in [1.54, 1.807) is 26.4 Å². The first-order chi connectivity index (χ1) is 9.47. The van der Waals surface area contributed by atoms with Crippen molar-refractivity contribution < 1.29 is 24.2 Å². The van der Waals surface area contributed by atoms with Crippen LogP contribution in [0.3, 0.4) is 0 Å². The highest BCUT2D eigenvalue weighted by Gasteiger charge is 2.14. The van der Waals surface area contributed by atoms with Crippen molar-refractivity contribution in [3.8, 4) is 11.5 Å². The number of amides is 1.